The number of rotatable bonds is 7. The zero-order valence-electron chi connectivity index (χ0n) is 16.3. The fourth-order valence-corrected chi connectivity index (χ4v) is 3.17. The van der Waals surface area contributed by atoms with Crippen molar-refractivity contribution >= 4 is 40.9 Å². The maximum absolute atomic E-state index is 12.5. The molecule has 0 saturated heterocycles. The minimum absolute atomic E-state index is 0.162. The molecule has 154 valence electrons. The largest absolute Gasteiger partial charge is 0.465 e. The molecular formula is C20H19N5O4S. The number of thioether (sulfide) groups is 1. The van der Waals surface area contributed by atoms with Gasteiger partial charge in [0.1, 0.15) is 6.33 Å². The van der Waals surface area contributed by atoms with Gasteiger partial charge in [-0.15, -0.1) is 10.2 Å². The minimum Gasteiger partial charge on any atom is -0.465 e. The smallest absolute Gasteiger partial charge is 0.337 e. The number of ether oxygens (including phenoxy) is 1. The van der Waals surface area contributed by atoms with Crippen molar-refractivity contribution in [1.82, 2.24) is 14.8 Å². The van der Waals surface area contributed by atoms with Crippen molar-refractivity contribution in [3.8, 4) is 0 Å². The molecule has 0 aliphatic heterocycles. The number of methoxy groups -OCH3 is 1. The normalized spacial score (nSPS) is 10.3. The van der Waals surface area contributed by atoms with Gasteiger partial charge in [0.25, 0.3) is 5.91 Å². The lowest BCUT2D eigenvalue weighted by atomic mass is 10.1. The van der Waals surface area contributed by atoms with E-state index in [1.807, 2.05) is 0 Å². The van der Waals surface area contributed by atoms with Gasteiger partial charge >= 0.3 is 5.97 Å². The second kappa shape index (κ2) is 9.70. The second-order valence-electron chi connectivity index (χ2n) is 6.17. The highest BCUT2D eigenvalue weighted by atomic mass is 32.2. The molecule has 0 radical (unpaired) electrons. The summed E-state index contributed by atoms with van der Waals surface area (Å²) in [4.78, 5) is 36.2. The number of carbonyl (C=O) groups excluding carboxylic acids is 3. The summed E-state index contributed by atoms with van der Waals surface area (Å²) in [5, 5.41) is 13.8. The van der Waals surface area contributed by atoms with Crippen molar-refractivity contribution in [2.45, 2.75) is 5.16 Å². The Morgan fingerprint density at radius 3 is 2.47 bits per heavy atom. The maximum atomic E-state index is 12.5. The minimum atomic E-state index is -0.450. The quantitative estimate of drug-likeness (QED) is 0.442. The van der Waals surface area contributed by atoms with Gasteiger partial charge in [-0.1, -0.05) is 17.8 Å². The number of aryl methyl sites for hydroxylation is 1. The molecule has 3 rings (SSSR count). The molecule has 0 saturated carbocycles. The first-order valence-corrected chi connectivity index (χ1v) is 9.81. The molecule has 9 nitrogen and oxygen atoms in total. The Morgan fingerprint density at radius 2 is 1.80 bits per heavy atom. The fourth-order valence-electron chi connectivity index (χ4n) is 2.48. The molecule has 2 N–H and O–H groups in total. The number of amides is 2. The van der Waals surface area contributed by atoms with E-state index in [1.165, 1.54) is 18.9 Å². The number of hydrogen-bond donors (Lipinski definition) is 2. The summed E-state index contributed by atoms with van der Waals surface area (Å²) in [6, 6.07) is 13.0. The molecule has 2 aromatic carbocycles. The van der Waals surface area contributed by atoms with Crippen LogP contribution in [0.3, 0.4) is 0 Å². The number of aromatic nitrogens is 3. The van der Waals surface area contributed by atoms with Crippen LogP contribution in [0.25, 0.3) is 0 Å². The Bertz CT molecular complexity index is 1070. The van der Waals surface area contributed by atoms with Crippen LogP contribution < -0.4 is 10.6 Å². The molecule has 0 fully saturated rings. The van der Waals surface area contributed by atoms with Crippen LogP contribution in [0.1, 0.15) is 20.7 Å². The average Bonchev–Trinajstić information content (AvgIpc) is 3.17. The van der Waals surface area contributed by atoms with Crippen molar-refractivity contribution in [2.24, 2.45) is 7.05 Å². The number of nitrogens with one attached hydrogen (secondary N) is 2. The summed E-state index contributed by atoms with van der Waals surface area (Å²) in [6.45, 7) is 0. The van der Waals surface area contributed by atoms with Gasteiger partial charge in [0.15, 0.2) is 5.16 Å². The molecule has 0 atom stereocenters. The summed E-state index contributed by atoms with van der Waals surface area (Å²) in [6.07, 6.45) is 1.56. The second-order valence-corrected chi connectivity index (χ2v) is 7.11. The average molecular weight is 425 g/mol. The van der Waals surface area contributed by atoms with Crippen molar-refractivity contribution in [3.05, 3.63) is 66.0 Å². The molecular weight excluding hydrogens is 406 g/mol. The summed E-state index contributed by atoms with van der Waals surface area (Å²) < 4.78 is 6.37. The molecule has 1 heterocycles. The third kappa shape index (κ3) is 5.45. The van der Waals surface area contributed by atoms with Crippen molar-refractivity contribution in [2.75, 3.05) is 23.5 Å². The third-order valence-corrected chi connectivity index (χ3v) is 5.01. The molecule has 0 aliphatic carbocycles. The molecule has 3 aromatic rings. The van der Waals surface area contributed by atoms with Crippen LogP contribution in [-0.4, -0.2) is 45.4 Å². The van der Waals surface area contributed by atoms with Crippen molar-refractivity contribution in [1.29, 1.82) is 0 Å². The van der Waals surface area contributed by atoms with E-state index in [0.717, 1.165) is 0 Å². The Balaban J connectivity index is 1.58. The molecule has 30 heavy (non-hydrogen) atoms. The Labute approximate surface area is 176 Å². The zero-order valence-corrected chi connectivity index (χ0v) is 17.1. The van der Waals surface area contributed by atoms with E-state index >= 15 is 0 Å². The van der Waals surface area contributed by atoms with Crippen LogP contribution in [0, 0.1) is 0 Å². The Hall–Kier alpha value is -3.66. The van der Waals surface area contributed by atoms with E-state index in [-0.39, 0.29) is 17.6 Å². The molecule has 10 heteroatoms. The van der Waals surface area contributed by atoms with E-state index in [9.17, 15) is 14.4 Å². The lowest BCUT2D eigenvalue weighted by Crippen LogP contribution is -2.16. The molecule has 1 aromatic heterocycles. The molecule has 0 bridgehead atoms. The predicted molar refractivity (Wildman–Crippen MR) is 113 cm³/mol. The Morgan fingerprint density at radius 1 is 1.03 bits per heavy atom. The van der Waals surface area contributed by atoms with Gasteiger partial charge in [0.2, 0.25) is 5.91 Å². The standard InChI is InChI=1S/C20H19N5O4S/c1-25-12-21-24-20(25)30-11-17(26)22-16-5-3-4-14(10-16)18(27)23-15-8-6-13(7-9-15)19(28)29-2/h3-10,12H,11H2,1-2H3,(H,22,26)(H,23,27). The highest BCUT2D eigenvalue weighted by Gasteiger charge is 2.11. The summed E-state index contributed by atoms with van der Waals surface area (Å²) in [5.74, 6) is -0.854. The SMILES string of the molecule is COC(=O)c1ccc(NC(=O)c2cccc(NC(=O)CSc3nncn3C)c2)cc1. The van der Waals surface area contributed by atoms with Gasteiger partial charge in [-0.2, -0.15) is 0 Å². The van der Waals surface area contributed by atoms with E-state index < -0.39 is 5.97 Å². The Kier molecular flexibility index (Phi) is 6.81. The summed E-state index contributed by atoms with van der Waals surface area (Å²) >= 11 is 1.26. The highest BCUT2D eigenvalue weighted by Crippen LogP contribution is 2.17. The number of anilines is 2. The van der Waals surface area contributed by atoms with E-state index in [0.29, 0.717) is 27.7 Å². The fraction of sp³-hybridized carbons (Fsp3) is 0.150. The van der Waals surface area contributed by atoms with Crippen molar-refractivity contribution < 1.29 is 19.1 Å². The van der Waals surface area contributed by atoms with Crippen molar-refractivity contribution in [3.63, 3.8) is 0 Å². The predicted octanol–water partition coefficient (Wildman–Crippen LogP) is 2.58. The molecule has 2 amide bonds. The maximum Gasteiger partial charge on any atom is 0.337 e. The van der Waals surface area contributed by atoms with Crippen LogP contribution in [0.15, 0.2) is 60.0 Å². The topological polar surface area (TPSA) is 115 Å². The van der Waals surface area contributed by atoms with Gasteiger partial charge in [-0.05, 0) is 42.5 Å². The first-order valence-electron chi connectivity index (χ1n) is 8.82. The summed E-state index contributed by atoms with van der Waals surface area (Å²) in [5.41, 5.74) is 1.81. The van der Waals surface area contributed by atoms with Gasteiger partial charge < -0.3 is 19.9 Å². The lowest BCUT2D eigenvalue weighted by Gasteiger charge is -2.09. The monoisotopic (exact) mass is 425 g/mol. The molecule has 0 aliphatic rings. The first-order chi connectivity index (χ1) is 14.5. The van der Waals surface area contributed by atoms with E-state index in [1.54, 1.807) is 66.5 Å². The molecule has 0 unspecified atom stereocenters. The van der Waals surface area contributed by atoms with Crippen LogP contribution in [-0.2, 0) is 16.6 Å². The van der Waals surface area contributed by atoms with Crippen LogP contribution in [0.5, 0.6) is 0 Å². The van der Waals surface area contributed by atoms with Crippen LogP contribution in [0.4, 0.5) is 11.4 Å². The number of nitrogens with zero attached hydrogens (tertiary/aromatic N) is 3. The zero-order chi connectivity index (χ0) is 21.5. The van der Waals surface area contributed by atoms with E-state index in [2.05, 4.69) is 25.6 Å². The molecule has 0 spiro atoms. The third-order valence-electron chi connectivity index (χ3n) is 3.97. The first kappa shape index (κ1) is 21.1. The van der Waals surface area contributed by atoms with Gasteiger partial charge in [-0.25, -0.2) is 4.79 Å². The lowest BCUT2D eigenvalue weighted by molar-refractivity contribution is -0.113. The number of hydrogen-bond acceptors (Lipinski definition) is 7. The number of carbonyl (C=O) groups is 3. The van der Waals surface area contributed by atoms with Crippen LogP contribution in [0.2, 0.25) is 0 Å². The van der Waals surface area contributed by atoms with Gasteiger partial charge in [0, 0.05) is 24.0 Å². The highest BCUT2D eigenvalue weighted by molar-refractivity contribution is 7.99. The van der Waals surface area contributed by atoms with E-state index in [4.69, 9.17) is 0 Å². The number of benzene rings is 2. The van der Waals surface area contributed by atoms with Gasteiger partial charge in [-0.3, -0.25) is 9.59 Å². The summed E-state index contributed by atoms with van der Waals surface area (Å²) in [7, 11) is 3.10. The van der Waals surface area contributed by atoms with Crippen LogP contribution >= 0.6 is 11.8 Å². The van der Waals surface area contributed by atoms with Gasteiger partial charge in [0.05, 0.1) is 18.4 Å². The number of esters is 1.